The molecule has 60 valence electrons. The summed E-state index contributed by atoms with van der Waals surface area (Å²) in [7, 11) is 1.83. The summed E-state index contributed by atoms with van der Waals surface area (Å²) in [6.07, 6.45) is 0. The maximum absolute atomic E-state index is 8.78. The monoisotopic (exact) mass is 152 g/mol. The minimum atomic E-state index is -0.279. The SMILES string of the molecule is CC1=C(C#N)C(C)(C)N(C)O1. The van der Waals surface area contributed by atoms with Crippen molar-refractivity contribution in [3.05, 3.63) is 11.3 Å². The van der Waals surface area contributed by atoms with Crippen LogP contribution >= 0.6 is 0 Å². The molecule has 1 aliphatic rings. The molecule has 0 saturated carbocycles. The summed E-state index contributed by atoms with van der Waals surface area (Å²) in [6, 6.07) is 2.15. The molecular formula is C8H12N2O. The third-order valence-corrected chi connectivity index (χ3v) is 2.14. The Balaban J connectivity index is 3.07. The summed E-state index contributed by atoms with van der Waals surface area (Å²) in [6.45, 7) is 5.73. The Morgan fingerprint density at radius 3 is 2.27 bits per heavy atom. The highest BCUT2D eigenvalue weighted by molar-refractivity contribution is 5.35. The Labute approximate surface area is 66.8 Å². The number of allylic oxidation sites excluding steroid dienone is 1. The number of nitrogens with zero attached hydrogens (tertiary/aromatic N) is 2. The molecule has 0 saturated heterocycles. The molecule has 0 aromatic carbocycles. The lowest BCUT2D eigenvalue weighted by Crippen LogP contribution is -2.36. The maximum atomic E-state index is 8.78. The van der Waals surface area contributed by atoms with Crippen LogP contribution in [0.3, 0.4) is 0 Å². The largest absolute Gasteiger partial charge is 0.409 e. The van der Waals surface area contributed by atoms with E-state index in [4.69, 9.17) is 10.1 Å². The van der Waals surface area contributed by atoms with Gasteiger partial charge in [-0.15, -0.1) is 5.06 Å². The average molecular weight is 152 g/mol. The smallest absolute Gasteiger partial charge is 0.137 e. The molecule has 0 aromatic heterocycles. The topological polar surface area (TPSA) is 36.3 Å². The first-order valence-electron chi connectivity index (χ1n) is 3.53. The second-order valence-electron chi connectivity index (χ2n) is 3.19. The van der Waals surface area contributed by atoms with Crippen LogP contribution in [0, 0.1) is 11.3 Å². The van der Waals surface area contributed by atoms with Crippen LogP contribution in [0.5, 0.6) is 0 Å². The van der Waals surface area contributed by atoms with Crippen LogP contribution < -0.4 is 0 Å². The second-order valence-corrected chi connectivity index (χ2v) is 3.19. The molecule has 0 aromatic rings. The Morgan fingerprint density at radius 1 is 1.55 bits per heavy atom. The molecule has 0 unspecified atom stereocenters. The number of likely N-dealkylation sites (N-methyl/N-ethyl adjacent to an activating group) is 1. The molecule has 0 N–H and O–H groups in total. The van der Waals surface area contributed by atoms with Crippen LogP contribution in [-0.4, -0.2) is 17.6 Å². The van der Waals surface area contributed by atoms with Crippen molar-refractivity contribution in [3.8, 4) is 6.07 Å². The first-order valence-corrected chi connectivity index (χ1v) is 3.53. The Morgan fingerprint density at radius 2 is 2.09 bits per heavy atom. The number of hydrogen-bond donors (Lipinski definition) is 0. The molecule has 0 aliphatic carbocycles. The van der Waals surface area contributed by atoms with E-state index in [9.17, 15) is 0 Å². The fourth-order valence-electron chi connectivity index (χ4n) is 1.17. The van der Waals surface area contributed by atoms with Gasteiger partial charge < -0.3 is 4.84 Å². The number of rotatable bonds is 0. The summed E-state index contributed by atoms with van der Waals surface area (Å²) in [5.41, 5.74) is 0.429. The molecule has 0 bridgehead atoms. The summed E-state index contributed by atoms with van der Waals surface area (Å²) in [5, 5.41) is 10.5. The van der Waals surface area contributed by atoms with E-state index in [1.54, 1.807) is 5.06 Å². The molecule has 1 aliphatic heterocycles. The molecular weight excluding hydrogens is 140 g/mol. The second kappa shape index (κ2) is 2.24. The van der Waals surface area contributed by atoms with Gasteiger partial charge in [0.1, 0.15) is 11.8 Å². The van der Waals surface area contributed by atoms with E-state index in [0.29, 0.717) is 11.3 Å². The van der Waals surface area contributed by atoms with Gasteiger partial charge in [0.2, 0.25) is 0 Å². The fraction of sp³-hybridized carbons (Fsp3) is 0.625. The van der Waals surface area contributed by atoms with Gasteiger partial charge in [-0.1, -0.05) is 0 Å². The van der Waals surface area contributed by atoms with Gasteiger partial charge >= 0.3 is 0 Å². The number of hydrogen-bond acceptors (Lipinski definition) is 3. The van der Waals surface area contributed by atoms with Gasteiger partial charge in [0.05, 0.1) is 11.1 Å². The normalized spacial score (nSPS) is 23.2. The molecule has 3 heteroatoms. The Bertz CT molecular complexity index is 247. The van der Waals surface area contributed by atoms with Gasteiger partial charge in [0.15, 0.2) is 0 Å². The zero-order chi connectivity index (χ0) is 8.65. The predicted molar refractivity (Wildman–Crippen MR) is 41.2 cm³/mol. The average Bonchev–Trinajstić information content (AvgIpc) is 2.04. The standard InChI is InChI=1S/C8H12N2O/c1-6-7(5-9)8(2,3)10(4)11-6/h1-4H3. The highest BCUT2D eigenvalue weighted by Crippen LogP contribution is 2.32. The van der Waals surface area contributed by atoms with Crippen LogP contribution in [0.4, 0.5) is 0 Å². The van der Waals surface area contributed by atoms with Crippen molar-refractivity contribution in [3.63, 3.8) is 0 Å². The van der Waals surface area contributed by atoms with Gasteiger partial charge in [-0.3, -0.25) is 0 Å². The van der Waals surface area contributed by atoms with Crippen LogP contribution in [-0.2, 0) is 4.84 Å². The van der Waals surface area contributed by atoms with Crippen molar-refractivity contribution in [1.29, 1.82) is 5.26 Å². The number of nitriles is 1. The molecule has 11 heavy (non-hydrogen) atoms. The first-order chi connectivity index (χ1) is 5.00. The number of hydroxylamine groups is 2. The fourth-order valence-corrected chi connectivity index (χ4v) is 1.17. The third kappa shape index (κ3) is 0.997. The molecule has 0 atom stereocenters. The van der Waals surface area contributed by atoms with Crippen molar-refractivity contribution in [2.45, 2.75) is 26.3 Å². The van der Waals surface area contributed by atoms with Gasteiger partial charge in [-0.05, 0) is 20.8 Å². The minimum Gasteiger partial charge on any atom is -0.409 e. The predicted octanol–water partition coefficient (Wildman–Crippen LogP) is 1.44. The van der Waals surface area contributed by atoms with E-state index in [1.165, 1.54) is 0 Å². The summed E-state index contributed by atoms with van der Waals surface area (Å²) >= 11 is 0. The van der Waals surface area contributed by atoms with Gasteiger partial charge in [0, 0.05) is 7.05 Å². The summed E-state index contributed by atoms with van der Waals surface area (Å²) < 4.78 is 0. The summed E-state index contributed by atoms with van der Waals surface area (Å²) in [5.74, 6) is 0.708. The summed E-state index contributed by atoms with van der Waals surface area (Å²) in [4.78, 5) is 5.27. The molecule has 0 amide bonds. The van der Waals surface area contributed by atoms with Crippen LogP contribution in [0.25, 0.3) is 0 Å². The first kappa shape index (κ1) is 8.09. The quantitative estimate of drug-likeness (QED) is 0.527. The van der Waals surface area contributed by atoms with Crippen molar-refractivity contribution in [1.82, 2.24) is 5.06 Å². The molecule has 0 fully saturated rings. The lowest BCUT2D eigenvalue weighted by Gasteiger charge is -2.25. The van der Waals surface area contributed by atoms with E-state index in [2.05, 4.69) is 6.07 Å². The zero-order valence-corrected chi connectivity index (χ0v) is 7.30. The molecule has 1 rings (SSSR count). The van der Waals surface area contributed by atoms with E-state index >= 15 is 0 Å². The van der Waals surface area contributed by atoms with Gasteiger partial charge in [-0.2, -0.15) is 5.26 Å². The molecule has 0 spiro atoms. The molecule has 0 radical (unpaired) electrons. The van der Waals surface area contributed by atoms with Gasteiger partial charge in [-0.25, -0.2) is 0 Å². The lowest BCUT2D eigenvalue weighted by atomic mass is 9.95. The Hall–Kier alpha value is -1.01. The Kier molecular flexibility index (Phi) is 1.65. The van der Waals surface area contributed by atoms with E-state index < -0.39 is 0 Å². The van der Waals surface area contributed by atoms with Crippen molar-refractivity contribution in [2.24, 2.45) is 0 Å². The van der Waals surface area contributed by atoms with Gasteiger partial charge in [0.25, 0.3) is 0 Å². The van der Waals surface area contributed by atoms with Crippen LogP contribution in [0.2, 0.25) is 0 Å². The van der Waals surface area contributed by atoms with Crippen molar-refractivity contribution >= 4 is 0 Å². The highest BCUT2D eigenvalue weighted by atomic mass is 16.7. The maximum Gasteiger partial charge on any atom is 0.137 e. The lowest BCUT2D eigenvalue weighted by molar-refractivity contribution is -0.120. The van der Waals surface area contributed by atoms with E-state index in [1.807, 2.05) is 27.8 Å². The van der Waals surface area contributed by atoms with Crippen molar-refractivity contribution < 1.29 is 4.84 Å². The van der Waals surface area contributed by atoms with Crippen LogP contribution in [0.1, 0.15) is 20.8 Å². The van der Waals surface area contributed by atoms with E-state index in [0.717, 1.165) is 0 Å². The molecule has 3 nitrogen and oxygen atoms in total. The zero-order valence-electron chi connectivity index (χ0n) is 7.30. The highest BCUT2D eigenvalue weighted by Gasteiger charge is 2.38. The van der Waals surface area contributed by atoms with E-state index in [-0.39, 0.29) is 5.54 Å². The third-order valence-electron chi connectivity index (χ3n) is 2.14. The van der Waals surface area contributed by atoms with Crippen LogP contribution in [0.15, 0.2) is 11.3 Å². The molecule has 1 heterocycles. The minimum absolute atomic E-state index is 0.279. The van der Waals surface area contributed by atoms with Crippen molar-refractivity contribution in [2.75, 3.05) is 7.05 Å².